The maximum atomic E-state index is 5.78. The number of thiazole rings is 1. The number of fused-ring (bicyclic) bond motifs is 1. The molecule has 0 amide bonds. The molecule has 0 aliphatic heterocycles. The van der Waals surface area contributed by atoms with Gasteiger partial charge in [-0.2, -0.15) is 0 Å². The number of nitrogens with one attached hydrogen (secondary N) is 1. The van der Waals surface area contributed by atoms with Crippen LogP contribution in [0, 0.1) is 13.8 Å². The average Bonchev–Trinajstić information content (AvgIpc) is 2.85. The van der Waals surface area contributed by atoms with Gasteiger partial charge in [0.25, 0.3) is 0 Å². The quantitative estimate of drug-likeness (QED) is 0.677. The van der Waals surface area contributed by atoms with Crippen molar-refractivity contribution in [1.29, 1.82) is 0 Å². The van der Waals surface area contributed by atoms with Crippen LogP contribution in [0.1, 0.15) is 11.3 Å². The maximum Gasteiger partial charge on any atom is 0.160 e. The normalized spacial score (nSPS) is 11.4. The second-order valence-corrected chi connectivity index (χ2v) is 4.79. The largest absolute Gasteiger partial charge is 0.381 e. The third-order valence-corrected chi connectivity index (χ3v) is 3.67. The van der Waals surface area contributed by atoms with E-state index in [2.05, 4.69) is 35.3 Å². The highest BCUT2D eigenvalue weighted by Crippen LogP contribution is 2.30. The lowest BCUT2D eigenvalue weighted by Crippen LogP contribution is -1.86. The molecule has 0 fully saturated rings. The van der Waals surface area contributed by atoms with Crippen LogP contribution in [0.15, 0.2) is 17.8 Å². The van der Waals surface area contributed by atoms with Crippen molar-refractivity contribution in [3.05, 3.63) is 29.0 Å². The highest BCUT2D eigenvalue weighted by atomic mass is 32.1. The summed E-state index contributed by atoms with van der Waals surface area (Å²) in [6, 6.07) is 2.14. The first-order valence-electron chi connectivity index (χ1n) is 5.03. The van der Waals surface area contributed by atoms with Gasteiger partial charge in [-0.3, -0.25) is 4.40 Å². The van der Waals surface area contributed by atoms with Crippen molar-refractivity contribution in [2.24, 2.45) is 0 Å². The van der Waals surface area contributed by atoms with Gasteiger partial charge in [0.05, 0.1) is 11.4 Å². The van der Waals surface area contributed by atoms with E-state index in [4.69, 9.17) is 5.73 Å². The molecule has 0 saturated heterocycles. The monoisotopic (exact) mass is 232 g/mol. The zero-order valence-electron chi connectivity index (χ0n) is 9.11. The Labute approximate surface area is 96.7 Å². The number of aromatic nitrogens is 3. The van der Waals surface area contributed by atoms with Gasteiger partial charge in [-0.15, -0.1) is 11.3 Å². The number of nitrogen functional groups attached to an aromatic ring is 1. The molecule has 3 aromatic rings. The van der Waals surface area contributed by atoms with Gasteiger partial charge in [0.1, 0.15) is 11.2 Å². The summed E-state index contributed by atoms with van der Waals surface area (Å²) in [5, 5.41) is 2.10. The molecule has 0 radical (unpaired) electrons. The summed E-state index contributed by atoms with van der Waals surface area (Å²) in [4.78, 5) is 8.48. The first-order valence-corrected chi connectivity index (χ1v) is 5.91. The van der Waals surface area contributed by atoms with Crippen LogP contribution in [-0.4, -0.2) is 14.4 Å². The lowest BCUT2D eigenvalue weighted by atomic mass is 10.2. The van der Waals surface area contributed by atoms with E-state index in [-0.39, 0.29) is 0 Å². The molecule has 0 bridgehead atoms. The second kappa shape index (κ2) is 3.12. The number of anilines is 1. The number of nitrogens with zero attached hydrogens (tertiary/aromatic N) is 2. The SMILES string of the molecule is Cc1cc(C)c(-c2csc3c(N)ncn23)[nH]1. The van der Waals surface area contributed by atoms with Crippen molar-refractivity contribution < 1.29 is 0 Å². The van der Waals surface area contributed by atoms with Crippen molar-refractivity contribution >= 4 is 22.0 Å². The molecular formula is C11H12N4S. The number of nitrogens with two attached hydrogens (primary N) is 1. The Balaban J connectivity index is 2.30. The van der Waals surface area contributed by atoms with Gasteiger partial charge in [0, 0.05) is 11.1 Å². The molecule has 0 saturated carbocycles. The van der Waals surface area contributed by atoms with Crippen molar-refractivity contribution in [3.63, 3.8) is 0 Å². The van der Waals surface area contributed by atoms with E-state index in [1.807, 2.05) is 4.40 Å². The molecule has 0 aromatic carbocycles. The summed E-state index contributed by atoms with van der Waals surface area (Å²) in [6.45, 7) is 4.16. The molecular weight excluding hydrogens is 220 g/mol. The first kappa shape index (κ1) is 9.47. The van der Waals surface area contributed by atoms with Crippen LogP contribution in [0.2, 0.25) is 0 Å². The molecule has 0 atom stereocenters. The Kier molecular flexibility index (Phi) is 1.85. The molecule has 3 rings (SSSR count). The fourth-order valence-electron chi connectivity index (χ4n) is 1.98. The predicted molar refractivity (Wildman–Crippen MR) is 66.7 cm³/mol. The summed E-state index contributed by atoms with van der Waals surface area (Å²) < 4.78 is 2.03. The predicted octanol–water partition coefficient (Wildman–Crippen LogP) is 2.59. The minimum atomic E-state index is 0.595. The van der Waals surface area contributed by atoms with E-state index in [0.29, 0.717) is 5.82 Å². The molecule has 16 heavy (non-hydrogen) atoms. The van der Waals surface area contributed by atoms with Gasteiger partial charge in [-0.1, -0.05) is 0 Å². The molecule has 0 unspecified atom stereocenters. The topological polar surface area (TPSA) is 59.1 Å². The van der Waals surface area contributed by atoms with E-state index in [1.54, 1.807) is 17.7 Å². The van der Waals surface area contributed by atoms with E-state index >= 15 is 0 Å². The highest BCUT2D eigenvalue weighted by molar-refractivity contribution is 7.16. The lowest BCUT2D eigenvalue weighted by Gasteiger charge is -1.97. The number of rotatable bonds is 1. The van der Waals surface area contributed by atoms with Crippen LogP contribution in [0.5, 0.6) is 0 Å². The standard InChI is InChI=1S/C11H12N4S/c1-6-3-7(2)14-9(6)8-4-16-11-10(12)13-5-15(8)11/h3-5,14H,12H2,1-2H3. The number of hydrogen-bond acceptors (Lipinski definition) is 3. The van der Waals surface area contributed by atoms with Crippen LogP contribution in [-0.2, 0) is 0 Å². The Bertz CT molecular complexity index is 659. The molecule has 3 N–H and O–H groups in total. The summed E-state index contributed by atoms with van der Waals surface area (Å²) in [6.07, 6.45) is 1.77. The van der Waals surface area contributed by atoms with Gasteiger partial charge in [-0.25, -0.2) is 4.98 Å². The van der Waals surface area contributed by atoms with Crippen LogP contribution >= 0.6 is 11.3 Å². The first-order chi connectivity index (χ1) is 7.66. The minimum Gasteiger partial charge on any atom is -0.381 e. The maximum absolute atomic E-state index is 5.78. The highest BCUT2D eigenvalue weighted by Gasteiger charge is 2.12. The van der Waals surface area contributed by atoms with Gasteiger partial charge < -0.3 is 10.7 Å². The molecule has 82 valence electrons. The number of hydrogen-bond donors (Lipinski definition) is 2. The van der Waals surface area contributed by atoms with Crippen LogP contribution in [0.4, 0.5) is 5.82 Å². The number of imidazole rings is 1. The van der Waals surface area contributed by atoms with E-state index in [0.717, 1.165) is 16.2 Å². The summed E-state index contributed by atoms with van der Waals surface area (Å²) in [5.41, 5.74) is 10.4. The minimum absolute atomic E-state index is 0.595. The van der Waals surface area contributed by atoms with Crippen LogP contribution in [0.25, 0.3) is 16.2 Å². The Hall–Kier alpha value is -1.75. The third kappa shape index (κ3) is 1.18. The summed E-state index contributed by atoms with van der Waals surface area (Å²) >= 11 is 1.62. The third-order valence-electron chi connectivity index (χ3n) is 2.70. The van der Waals surface area contributed by atoms with Gasteiger partial charge in [0.2, 0.25) is 0 Å². The molecule has 0 aliphatic carbocycles. The average molecular weight is 232 g/mol. The zero-order chi connectivity index (χ0) is 11.3. The van der Waals surface area contributed by atoms with Crippen molar-refractivity contribution in [2.75, 3.05) is 5.73 Å². The fraction of sp³-hybridized carbons (Fsp3) is 0.182. The molecule has 3 aromatic heterocycles. The van der Waals surface area contributed by atoms with E-state index < -0.39 is 0 Å². The molecule has 0 aliphatic rings. The van der Waals surface area contributed by atoms with Crippen molar-refractivity contribution in [1.82, 2.24) is 14.4 Å². The molecule has 3 heterocycles. The second-order valence-electron chi connectivity index (χ2n) is 3.94. The summed E-state index contributed by atoms with van der Waals surface area (Å²) in [5.74, 6) is 0.595. The Morgan fingerprint density at radius 1 is 1.44 bits per heavy atom. The summed E-state index contributed by atoms with van der Waals surface area (Å²) in [7, 11) is 0. The fourth-order valence-corrected chi connectivity index (χ4v) is 2.87. The van der Waals surface area contributed by atoms with Crippen LogP contribution in [0.3, 0.4) is 0 Å². The van der Waals surface area contributed by atoms with Crippen molar-refractivity contribution in [3.8, 4) is 11.4 Å². The van der Waals surface area contributed by atoms with E-state index in [1.165, 1.54) is 11.3 Å². The van der Waals surface area contributed by atoms with Gasteiger partial charge in [0.15, 0.2) is 5.82 Å². The van der Waals surface area contributed by atoms with Crippen molar-refractivity contribution in [2.45, 2.75) is 13.8 Å². The Morgan fingerprint density at radius 2 is 2.25 bits per heavy atom. The van der Waals surface area contributed by atoms with Gasteiger partial charge in [-0.05, 0) is 25.5 Å². The lowest BCUT2D eigenvalue weighted by molar-refractivity contribution is 1.15. The smallest absolute Gasteiger partial charge is 0.160 e. The number of H-pyrrole nitrogens is 1. The molecule has 4 nitrogen and oxygen atoms in total. The zero-order valence-corrected chi connectivity index (χ0v) is 9.93. The molecule has 5 heteroatoms. The van der Waals surface area contributed by atoms with Crippen LogP contribution < -0.4 is 5.73 Å². The Morgan fingerprint density at radius 3 is 2.94 bits per heavy atom. The number of aromatic amines is 1. The number of aryl methyl sites for hydroxylation is 2. The van der Waals surface area contributed by atoms with E-state index in [9.17, 15) is 0 Å². The molecule has 0 spiro atoms. The van der Waals surface area contributed by atoms with Gasteiger partial charge >= 0.3 is 0 Å².